The number of sulfonamides is 1. The number of aryl methyl sites for hydroxylation is 1. The molecule has 0 aromatic heterocycles. The van der Waals surface area contributed by atoms with Crippen molar-refractivity contribution in [2.45, 2.75) is 43.7 Å². The Morgan fingerprint density at radius 3 is 2.22 bits per heavy atom. The van der Waals surface area contributed by atoms with E-state index < -0.39 is 22.2 Å². The van der Waals surface area contributed by atoms with Crippen molar-refractivity contribution in [2.75, 3.05) is 0 Å². The monoisotopic (exact) mass is 333 g/mol. The highest BCUT2D eigenvalue weighted by Crippen LogP contribution is 2.22. The van der Waals surface area contributed by atoms with E-state index >= 15 is 0 Å². The quantitative estimate of drug-likeness (QED) is 0.818. The zero-order valence-corrected chi connectivity index (χ0v) is 14.3. The van der Waals surface area contributed by atoms with E-state index in [1.54, 1.807) is 24.3 Å². The summed E-state index contributed by atoms with van der Waals surface area (Å²) in [5.41, 5.74) is 1.85. The lowest BCUT2D eigenvalue weighted by Crippen LogP contribution is -2.31. The lowest BCUT2D eigenvalue weighted by Gasteiger charge is -2.21. The topological polar surface area (TPSA) is 66.4 Å². The fraction of sp³-hybridized carbons (Fsp3) is 0.333. The predicted octanol–water partition coefficient (Wildman–Crippen LogP) is 3.18. The first-order valence-electron chi connectivity index (χ1n) is 7.74. The predicted molar refractivity (Wildman–Crippen MR) is 91.6 cm³/mol. The second-order valence-corrected chi connectivity index (χ2v) is 7.41. The van der Waals surface area contributed by atoms with E-state index in [2.05, 4.69) is 4.72 Å². The van der Waals surface area contributed by atoms with Gasteiger partial charge < -0.3 is 5.11 Å². The fourth-order valence-electron chi connectivity index (χ4n) is 2.35. The van der Waals surface area contributed by atoms with Crippen LogP contribution in [0.2, 0.25) is 0 Å². The minimum atomic E-state index is -3.64. The summed E-state index contributed by atoms with van der Waals surface area (Å²) in [6.45, 7) is 3.79. The fourth-order valence-corrected chi connectivity index (χ4v) is 3.59. The molecule has 2 N–H and O–H groups in total. The first kappa shape index (κ1) is 17.7. The molecule has 2 aromatic rings. The third-order valence-electron chi connectivity index (χ3n) is 3.81. The molecule has 5 heteroatoms. The molecule has 0 aliphatic carbocycles. The molecule has 0 aliphatic heterocycles. The first-order chi connectivity index (χ1) is 10.9. The minimum Gasteiger partial charge on any atom is -0.393 e. The summed E-state index contributed by atoms with van der Waals surface area (Å²) in [6.07, 6.45) is 0.363. The number of rotatable bonds is 7. The van der Waals surface area contributed by atoms with E-state index in [4.69, 9.17) is 0 Å². The zero-order valence-electron chi connectivity index (χ0n) is 13.4. The van der Waals surface area contributed by atoms with Crippen molar-refractivity contribution in [1.82, 2.24) is 4.72 Å². The van der Waals surface area contributed by atoms with Crippen molar-refractivity contribution in [3.8, 4) is 0 Å². The summed E-state index contributed by atoms with van der Waals surface area (Å²) in [5.74, 6) is 0. The highest BCUT2D eigenvalue weighted by molar-refractivity contribution is 7.89. The lowest BCUT2D eigenvalue weighted by atomic mass is 10.0. The van der Waals surface area contributed by atoms with Crippen molar-refractivity contribution in [2.24, 2.45) is 0 Å². The highest BCUT2D eigenvalue weighted by Gasteiger charge is 2.23. The van der Waals surface area contributed by atoms with Gasteiger partial charge >= 0.3 is 0 Å². The second kappa shape index (κ2) is 7.73. The van der Waals surface area contributed by atoms with Gasteiger partial charge in [0, 0.05) is 6.04 Å². The van der Waals surface area contributed by atoms with Crippen LogP contribution in [0, 0.1) is 6.92 Å². The molecule has 23 heavy (non-hydrogen) atoms. The molecule has 0 unspecified atom stereocenters. The number of aliphatic hydroxyl groups is 1. The summed E-state index contributed by atoms with van der Waals surface area (Å²) >= 11 is 0. The zero-order chi connectivity index (χ0) is 16.9. The van der Waals surface area contributed by atoms with Crippen LogP contribution < -0.4 is 4.72 Å². The van der Waals surface area contributed by atoms with Gasteiger partial charge in [0.2, 0.25) is 10.0 Å². The molecule has 2 atom stereocenters. The van der Waals surface area contributed by atoms with Gasteiger partial charge in [-0.15, -0.1) is 0 Å². The van der Waals surface area contributed by atoms with Crippen LogP contribution in [0.1, 0.15) is 36.9 Å². The minimum absolute atomic E-state index is 0.231. The van der Waals surface area contributed by atoms with E-state index in [9.17, 15) is 13.5 Å². The van der Waals surface area contributed by atoms with Crippen molar-refractivity contribution in [1.29, 1.82) is 0 Å². The maximum absolute atomic E-state index is 12.6. The maximum atomic E-state index is 12.6. The Balaban J connectivity index is 2.27. The second-order valence-electron chi connectivity index (χ2n) is 5.70. The summed E-state index contributed by atoms with van der Waals surface area (Å²) in [7, 11) is -3.64. The Hall–Kier alpha value is -1.69. The van der Waals surface area contributed by atoms with Gasteiger partial charge in [-0.3, -0.25) is 0 Å². The molecule has 2 rings (SSSR count). The standard InChI is InChI=1S/C18H23NO3S/c1-3-16(20)13-18(15-7-5-4-6-8-15)19-23(21,22)17-11-9-14(2)10-12-17/h4-12,16,18-20H,3,13H2,1-2H3/t16-,18-/m0/s1. The van der Waals surface area contributed by atoms with Crippen molar-refractivity contribution in [3.05, 3.63) is 65.7 Å². The summed E-state index contributed by atoms with van der Waals surface area (Å²) in [5, 5.41) is 9.96. The van der Waals surface area contributed by atoms with Crippen LogP contribution in [-0.2, 0) is 10.0 Å². The Kier molecular flexibility index (Phi) is 5.93. The van der Waals surface area contributed by atoms with Crippen LogP contribution in [-0.4, -0.2) is 19.6 Å². The summed E-state index contributed by atoms with van der Waals surface area (Å²) < 4.78 is 27.9. The van der Waals surface area contributed by atoms with E-state index in [-0.39, 0.29) is 4.90 Å². The van der Waals surface area contributed by atoms with Crippen LogP contribution in [0.4, 0.5) is 0 Å². The molecule has 0 radical (unpaired) electrons. The number of aliphatic hydroxyl groups excluding tert-OH is 1. The molecule has 0 aliphatic rings. The molecule has 0 amide bonds. The Morgan fingerprint density at radius 1 is 1.04 bits per heavy atom. The molecule has 0 saturated carbocycles. The van der Waals surface area contributed by atoms with E-state index in [0.29, 0.717) is 12.8 Å². The highest BCUT2D eigenvalue weighted by atomic mass is 32.2. The molecule has 2 aromatic carbocycles. The molecule has 0 spiro atoms. The Bertz CT molecular complexity index is 712. The normalized spacial score (nSPS) is 14.4. The number of benzene rings is 2. The van der Waals surface area contributed by atoms with Crippen LogP contribution in [0.5, 0.6) is 0 Å². The van der Waals surface area contributed by atoms with Gasteiger partial charge in [-0.2, -0.15) is 0 Å². The average molecular weight is 333 g/mol. The molecule has 0 saturated heterocycles. The molecule has 0 bridgehead atoms. The van der Waals surface area contributed by atoms with Crippen LogP contribution in [0.15, 0.2) is 59.5 Å². The average Bonchev–Trinajstić information content (AvgIpc) is 2.55. The molecule has 4 nitrogen and oxygen atoms in total. The van der Waals surface area contributed by atoms with Crippen molar-refractivity contribution in [3.63, 3.8) is 0 Å². The van der Waals surface area contributed by atoms with E-state index in [1.807, 2.05) is 44.2 Å². The van der Waals surface area contributed by atoms with E-state index in [0.717, 1.165) is 11.1 Å². The third-order valence-corrected chi connectivity index (χ3v) is 5.30. The molecule has 0 heterocycles. The molecule has 0 fully saturated rings. The van der Waals surface area contributed by atoms with Crippen LogP contribution in [0.3, 0.4) is 0 Å². The van der Waals surface area contributed by atoms with Crippen molar-refractivity contribution < 1.29 is 13.5 Å². The number of nitrogens with one attached hydrogen (secondary N) is 1. The van der Waals surface area contributed by atoms with Gasteiger partial charge in [-0.25, -0.2) is 13.1 Å². The van der Waals surface area contributed by atoms with Crippen LogP contribution >= 0.6 is 0 Å². The van der Waals surface area contributed by atoms with Gasteiger partial charge in [0.25, 0.3) is 0 Å². The smallest absolute Gasteiger partial charge is 0.241 e. The van der Waals surface area contributed by atoms with E-state index in [1.165, 1.54) is 0 Å². The lowest BCUT2D eigenvalue weighted by molar-refractivity contribution is 0.149. The van der Waals surface area contributed by atoms with Gasteiger partial charge in [-0.05, 0) is 37.5 Å². The van der Waals surface area contributed by atoms with Crippen molar-refractivity contribution >= 4 is 10.0 Å². The first-order valence-corrected chi connectivity index (χ1v) is 9.22. The maximum Gasteiger partial charge on any atom is 0.241 e. The summed E-state index contributed by atoms with van der Waals surface area (Å²) in [4.78, 5) is 0.231. The Labute approximate surface area is 138 Å². The van der Waals surface area contributed by atoms with Crippen LogP contribution in [0.25, 0.3) is 0 Å². The van der Waals surface area contributed by atoms with Gasteiger partial charge in [0.05, 0.1) is 11.0 Å². The summed E-state index contributed by atoms with van der Waals surface area (Å²) in [6, 6.07) is 15.6. The molecular formula is C18H23NO3S. The van der Waals surface area contributed by atoms with Gasteiger partial charge in [0.15, 0.2) is 0 Å². The molecular weight excluding hydrogens is 310 g/mol. The SMILES string of the molecule is CC[C@H](O)C[C@H](NS(=O)(=O)c1ccc(C)cc1)c1ccccc1. The number of hydrogen-bond donors (Lipinski definition) is 2. The largest absolute Gasteiger partial charge is 0.393 e. The van der Waals surface area contributed by atoms with Gasteiger partial charge in [0.1, 0.15) is 0 Å². The molecule has 124 valence electrons. The third kappa shape index (κ3) is 4.89. The Morgan fingerprint density at radius 2 is 1.65 bits per heavy atom. The number of hydrogen-bond acceptors (Lipinski definition) is 3. The van der Waals surface area contributed by atoms with Gasteiger partial charge in [-0.1, -0.05) is 55.0 Å².